The van der Waals surface area contributed by atoms with Crippen LogP contribution in [0.3, 0.4) is 0 Å². The van der Waals surface area contributed by atoms with Gasteiger partial charge in [0.2, 0.25) is 5.91 Å². The van der Waals surface area contributed by atoms with Crippen molar-refractivity contribution in [2.75, 3.05) is 52.5 Å². The number of carbonyl (C=O) groups excluding carboxylic acids is 1. The molecular weight excluding hydrogens is 250 g/mol. The Hall–Kier alpha value is -1.18. The monoisotopic (exact) mass is 273 g/mol. The number of carbonyl (C=O) groups is 2. The van der Waals surface area contributed by atoms with Crippen LogP contribution in [0.2, 0.25) is 0 Å². The average Bonchev–Trinajstić information content (AvgIpc) is 2.36. The van der Waals surface area contributed by atoms with Crippen LogP contribution >= 0.6 is 0 Å². The zero-order valence-electron chi connectivity index (χ0n) is 11.4. The summed E-state index contributed by atoms with van der Waals surface area (Å²) < 4.78 is 5.26. The predicted octanol–water partition coefficient (Wildman–Crippen LogP) is -1.17. The number of morpholine rings is 1. The van der Waals surface area contributed by atoms with Crippen LogP contribution in [0.5, 0.6) is 0 Å². The minimum absolute atomic E-state index is 0.0992. The van der Waals surface area contributed by atoms with E-state index >= 15 is 0 Å². The molecule has 1 saturated heterocycles. The third-order valence-electron chi connectivity index (χ3n) is 3.17. The van der Waals surface area contributed by atoms with Gasteiger partial charge in [0.05, 0.1) is 25.7 Å². The molecule has 0 bridgehead atoms. The van der Waals surface area contributed by atoms with Gasteiger partial charge in [-0.05, 0) is 0 Å². The van der Waals surface area contributed by atoms with Crippen molar-refractivity contribution in [2.24, 2.45) is 11.7 Å². The van der Waals surface area contributed by atoms with Crippen LogP contribution in [0.25, 0.3) is 0 Å². The fraction of sp³-hybridized carbons (Fsp3) is 0.833. The number of carboxylic acid groups (broad SMARTS) is 1. The molecule has 0 aromatic carbocycles. The first-order valence-electron chi connectivity index (χ1n) is 6.52. The van der Waals surface area contributed by atoms with Crippen molar-refractivity contribution in [3.8, 4) is 0 Å². The summed E-state index contributed by atoms with van der Waals surface area (Å²) >= 11 is 0. The van der Waals surface area contributed by atoms with Crippen LogP contribution in [0.4, 0.5) is 0 Å². The van der Waals surface area contributed by atoms with Gasteiger partial charge in [0.1, 0.15) is 0 Å². The van der Waals surface area contributed by atoms with Gasteiger partial charge in [-0.1, -0.05) is 6.92 Å². The molecule has 0 aromatic heterocycles. The third-order valence-corrected chi connectivity index (χ3v) is 3.17. The first-order valence-corrected chi connectivity index (χ1v) is 6.52. The third kappa shape index (κ3) is 6.51. The van der Waals surface area contributed by atoms with E-state index in [1.807, 2.05) is 0 Å². The number of aliphatic carboxylic acids is 1. The highest BCUT2D eigenvalue weighted by Crippen LogP contribution is 2.02. The van der Waals surface area contributed by atoms with E-state index in [0.29, 0.717) is 13.1 Å². The second-order valence-electron chi connectivity index (χ2n) is 4.89. The van der Waals surface area contributed by atoms with Crippen molar-refractivity contribution in [3.63, 3.8) is 0 Å². The zero-order chi connectivity index (χ0) is 14.3. The van der Waals surface area contributed by atoms with E-state index < -0.39 is 17.8 Å². The van der Waals surface area contributed by atoms with E-state index in [2.05, 4.69) is 4.90 Å². The number of hydrogen-bond acceptors (Lipinski definition) is 5. The molecule has 1 fully saturated rings. The van der Waals surface area contributed by atoms with E-state index in [1.54, 1.807) is 11.8 Å². The lowest BCUT2D eigenvalue weighted by Crippen LogP contribution is -2.45. The Kier molecular flexibility index (Phi) is 6.75. The maximum Gasteiger partial charge on any atom is 0.307 e. The Morgan fingerprint density at radius 2 is 2.05 bits per heavy atom. The summed E-state index contributed by atoms with van der Waals surface area (Å²) in [5, 5.41) is 8.91. The van der Waals surface area contributed by atoms with Crippen LogP contribution in [0.1, 0.15) is 6.92 Å². The fourth-order valence-corrected chi connectivity index (χ4v) is 2.03. The maximum atomic E-state index is 11.0. The molecule has 1 amide bonds. The molecule has 0 saturated carbocycles. The van der Waals surface area contributed by atoms with Crippen molar-refractivity contribution in [1.29, 1.82) is 0 Å². The minimum Gasteiger partial charge on any atom is -0.481 e. The lowest BCUT2D eigenvalue weighted by molar-refractivity contribution is -0.142. The van der Waals surface area contributed by atoms with E-state index in [4.69, 9.17) is 15.6 Å². The number of nitrogens with two attached hydrogens (primary N) is 1. The Labute approximate surface area is 113 Å². The Balaban J connectivity index is 2.39. The van der Waals surface area contributed by atoms with E-state index in [0.717, 1.165) is 32.8 Å². The Morgan fingerprint density at radius 3 is 2.58 bits per heavy atom. The first kappa shape index (κ1) is 15.9. The van der Waals surface area contributed by atoms with Crippen LogP contribution in [-0.2, 0) is 14.3 Å². The molecule has 1 rings (SSSR count). The quantitative estimate of drug-likeness (QED) is 0.578. The lowest BCUT2D eigenvalue weighted by atomic mass is 10.1. The average molecular weight is 273 g/mol. The summed E-state index contributed by atoms with van der Waals surface area (Å²) in [6.45, 7) is 6.69. The molecule has 1 aliphatic rings. The van der Waals surface area contributed by atoms with Gasteiger partial charge in [-0.25, -0.2) is 0 Å². The van der Waals surface area contributed by atoms with Gasteiger partial charge in [-0.15, -0.1) is 0 Å². The number of hydrogen-bond donors (Lipinski definition) is 2. The molecule has 0 spiro atoms. The van der Waals surface area contributed by atoms with E-state index in [9.17, 15) is 9.59 Å². The SMILES string of the molecule is CC(CN(CCN1CCOCC1)CC(N)=O)C(=O)O. The number of ether oxygens (including phenoxy) is 1. The second-order valence-corrected chi connectivity index (χ2v) is 4.89. The summed E-state index contributed by atoms with van der Waals surface area (Å²) in [6, 6.07) is 0. The largest absolute Gasteiger partial charge is 0.481 e. The highest BCUT2D eigenvalue weighted by atomic mass is 16.5. The highest BCUT2D eigenvalue weighted by molar-refractivity contribution is 5.76. The van der Waals surface area contributed by atoms with E-state index in [1.165, 1.54) is 0 Å². The molecule has 19 heavy (non-hydrogen) atoms. The standard InChI is InChI=1S/C12H23N3O4/c1-10(12(17)18)8-15(9-11(13)16)3-2-14-4-6-19-7-5-14/h10H,2-9H2,1H3,(H2,13,16)(H,17,18). The van der Waals surface area contributed by atoms with Gasteiger partial charge in [0.25, 0.3) is 0 Å². The summed E-state index contributed by atoms with van der Waals surface area (Å²) in [4.78, 5) is 25.9. The van der Waals surface area contributed by atoms with Gasteiger partial charge in [0, 0.05) is 32.7 Å². The highest BCUT2D eigenvalue weighted by Gasteiger charge is 2.19. The molecular formula is C12H23N3O4. The van der Waals surface area contributed by atoms with Crippen molar-refractivity contribution >= 4 is 11.9 Å². The molecule has 7 nitrogen and oxygen atoms in total. The smallest absolute Gasteiger partial charge is 0.307 e. The topological polar surface area (TPSA) is 96.1 Å². The van der Waals surface area contributed by atoms with Gasteiger partial charge in [0.15, 0.2) is 0 Å². The molecule has 1 atom stereocenters. The van der Waals surface area contributed by atoms with Gasteiger partial charge in [-0.3, -0.25) is 19.4 Å². The normalized spacial score (nSPS) is 18.4. The summed E-state index contributed by atoms with van der Waals surface area (Å²) in [5.74, 6) is -1.80. The van der Waals surface area contributed by atoms with Crippen LogP contribution in [0.15, 0.2) is 0 Å². The summed E-state index contributed by atoms with van der Waals surface area (Å²) in [7, 11) is 0. The molecule has 110 valence electrons. The van der Waals surface area contributed by atoms with Crippen molar-refractivity contribution < 1.29 is 19.4 Å². The predicted molar refractivity (Wildman–Crippen MR) is 69.7 cm³/mol. The maximum absolute atomic E-state index is 11.0. The molecule has 1 heterocycles. The van der Waals surface area contributed by atoms with Crippen LogP contribution < -0.4 is 5.73 Å². The van der Waals surface area contributed by atoms with Gasteiger partial charge in [-0.2, -0.15) is 0 Å². The lowest BCUT2D eigenvalue weighted by Gasteiger charge is -2.30. The number of amides is 1. The van der Waals surface area contributed by atoms with Crippen LogP contribution in [0, 0.1) is 5.92 Å². The fourth-order valence-electron chi connectivity index (χ4n) is 2.03. The number of nitrogens with zero attached hydrogens (tertiary/aromatic N) is 2. The van der Waals surface area contributed by atoms with Crippen molar-refractivity contribution in [3.05, 3.63) is 0 Å². The van der Waals surface area contributed by atoms with Gasteiger partial charge < -0.3 is 15.6 Å². The summed E-state index contributed by atoms with van der Waals surface area (Å²) in [5.41, 5.74) is 5.19. The summed E-state index contributed by atoms with van der Waals surface area (Å²) in [6.07, 6.45) is 0. The number of carboxylic acids is 1. The van der Waals surface area contributed by atoms with E-state index in [-0.39, 0.29) is 6.54 Å². The minimum atomic E-state index is -0.860. The second kappa shape index (κ2) is 8.08. The molecule has 0 radical (unpaired) electrons. The first-order chi connectivity index (χ1) is 8.99. The van der Waals surface area contributed by atoms with Crippen molar-refractivity contribution in [1.82, 2.24) is 9.80 Å². The van der Waals surface area contributed by atoms with Crippen molar-refractivity contribution in [2.45, 2.75) is 6.92 Å². The van der Waals surface area contributed by atoms with Gasteiger partial charge >= 0.3 is 5.97 Å². The molecule has 1 aliphatic heterocycles. The molecule has 0 aromatic rings. The Bertz CT molecular complexity index is 305. The Morgan fingerprint density at radius 1 is 1.42 bits per heavy atom. The number of primary amides is 1. The molecule has 3 N–H and O–H groups in total. The number of rotatable bonds is 8. The zero-order valence-corrected chi connectivity index (χ0v) is 11.4. The molecule has 1 unspecified atom stereocenters. The van der Waals surface area contributed by atoms with Crippen LogP contribution in [-0.4, -0.2) is 79.3 Å². The molecule has 7 heteroatoms. The molecule has 0 aliphatic carbocycles.